The first kappa shape index (κ1) is 15.8. The zero-order valence-corrected chi connectivity index (χ0v) is 15.0. The summed E-state index contributed by atoms with van der Waals surface area (Å²) in [7, 11) is 0. The Balaban J connectivity index is 1.84. The lowest BCUT2D eigenvalue weighted by Crippen LogP contribution is -2.21. The van der Waals surface area contributed by atoms with Crippen LogP contribution in [0, 0.1) is 13.8 Å². The minimum atomic E-state index is 0.0178. The highest BCUT2D eigenvalue weighted by atomic mass is 32.1. The fraction of sp³-hybridized carbons (Fsp3) is 0.143. The second kappa shape index (κ2) is 6.30. The monoisotopic (exact) mass is 346 g/mol. The van der Waals surface area contributed by atoms with Crippen LogP contribution in [0.2, 0.25) is 0 Å². The number of thiophene rings is 1. The van der Waals surface area contributed by atoms with Crippen LogP contribution >= 0.6 is 11.3 Å². The molecule has 0 fully saturated rings. The summed E-state index contributed by atoms with van der Waals surface area (Å²) >= 11 is 1.52. The van der Waals surface area contributed by atoms with Crippen LogP contribution in [0.1, 0.15) is 16.7 Å². The van der Waals surface area contributed by atoms with E-state index in [1.54, 1.807) is 10.9 Å². The van der Waals surface area contributed by atoms with Gasteiger partial charge >= 0.3 is 0 Å². The van der Waals surface area contributed by atoms with Crippen LogP contribution in [-0.4, -0.2) is 9.55 Å². The maximum absolute atomic E-state index is 13.1. The smallest absolute Gasteiger partial charge is 0.263 e. The van der Waals surface area contributed by atoms with Crippen LogP contribution in [-0.2, 0) is 6.54 Å². The lowest BCUT2D eigenvalue weighted by atomic mass is 10.1. The summed E-state index contributed by atoms with van der Waals surface area (Å²) < 4.78 is 1.70. The van der Waals surface area contributed by atoms with E-state index in [9.17, 15) is 4.79 Å². The van der Waals surface area contributed by atoms with Gasteiger partial charge in [-0.05, 0) is 25.0 Å². The van der Waals surface area contributed by atoms with Gasteiger partial charge in [-0.2, -0.15) is 0 Å². The van der Waals surface area contributed by atoms with E-state index in [4.69, 9.17) is 0 Å². The van der Waals surface area contributed by atoms with E-state index in [0.29, 0.717) is 11.9 Å². The Morgan fingerprint density at radius 1 is 1.04 bits per heavy atom. The normalized spacial score (nSPS) is 11.1. The molecule has 2 aromatic heterocycles. The first-order valence-corrected chi connectivity index (χ1v) is 9.09. The molecule has 0 N–H and O–H groups in total. The Morgan fingerprint density at radius 3 is 2.48 bits per heavy atom. The lowest BCUT2D eigenvalue weighted by molar-refractivity contribution is 0.748. The van der Waals surface area contributed by atoms with E-state index in [0.717, 1.165) is 21.5 Å². The number of nitrogens with zero attached hydrogens (tertiary/aromatic N) is 2. The quantitative estimate of drug-likeness (QED) is 0.534. The van der Waals surface area contributed by atoms with Crippen molar-refractivity contribution in [2.45, 2.75) is 20.4 Å². The molecule has 4 aromatic rings. The van der Waals surface area contributed by atoms with Gasteiger partial charge in [-0.1, -0.05) is 59.7 Å². The van der Waals surface area contributed by atoms with Crippen LogP contribution in [0.25, 0.3) is 21.3 Å². The number of benzene rings is 2. The molecular weight excluding hydrogens is 328 g/mol. The molecule has 0 saturated carbocycles. The average Bonchev–Trinajstić information content (AvgIpc) is 3.02. The Hall–Kier alpha value is -2.72. The van der Waals surface area contributed by atoms with Crippen LogP contribution < -0.4 is 5.56 Å². The Kier molecular flexibility index (Phi) is 3.98. The molecule has 0 bridgehead atoms. The van der Waals surface area contributed by atoms with Crippen molar-refractivity contribution in [1.82, 2.24) is 9.55 Å². The molecule has 0 aliphatic rings. The van der Waals surface area contributed by atoms with Crippen molar-refractivity contribution in [3.63, 3.8) is 0 Å². The molecule has 0 radical (unpaired) electrons. The number of hydrogen-bond acceptors (Lipinski definition) is 3. The van der Waals surface area contributed by atoms with Gasteiger partial charge in [-0.15, -0.1) is 11.3 Å². The summed E-state index contributed by atoms with van der Waals surface area (Å²) in [4.78, 5) is 18.4. The largest absolute Gasteiger partial charge is 0.294 e. The lowest BCUT2D eigenvalue weighted by Gasteiger charge is -2.08. The molecule has 0 amide bonds. The average molecular weight is 346 g/mol. The molecule has 25 heavy (non-hydrogen) atoms. The first-order chi connectivity index (χ1) is 12.1. The van der Waals surface area contributed by atoms with E-state index in [-0.39, 0.29) is 5.56 Å². The zero-order chi connectivity index (χ0) is 17.4. The highest BCUT2D eigenvalue weighted by molar-refractivity contribution is 7.17. The van der Waals surface area contributed by atoms with Gasteiger partial charge < -0.3 is 0 Å². The first-order valence-electron chi connectivity index (χ1n) is 8.21. The molecule has 2 heterocycles. The van der Waals surface area contributed by atoms with Crippen molar-refractivity contribution in [2.24, 2.45) is 0 Å². The fourth-order valence-electron chi connectivity index (χ4n) is 3.27. The van der Waals surface area contributed by atoms with Crippen molar-refractivity contribution in [3.8, 4) is 11.1 Å². The van der Waals surface area contributed by atoms with E-state index in [2.05, 4.69) is 37.0 Å². The SMILES string of the molecule is Cc1cc(C)cc(Cn2cnc3scc(-c4ccccc4)c3c2=O)c1. The molecule has 3 nitrogen and oxygen atoms in total. The maximum Gasteiger partial charge on any atom is 0.263 e. The second-order valence-electron chi connectivity index (χ2n) is 6.37. The third-order valence-corrected chi connectivity index (χ3v) is 5.17. The number of aromatic nitrogens is 2. The third kappa shape index (κ3) is 3.01. The number of hydrogen-bond donors (Lipinski definition) is 0. The molecule has 0 unspecified atom stereocenters. The topological polar surface area (TPSA) is 34.9 Å². The Morgan fingerprint density at radius 2 is 1.76 bits per heavy atom. The second-order valence-corrected chi connectivity index (χ2v) is 7.23. The highest BCUT2D eigenvalue weighted by Gasteiger charge is 2.13. The molecule has 124 valence electrons. The maximum atomic E-state index is 13.1. The molecule has 0 atom stereocenters. The van der Waals surface area contributed by atoms with Gasteiger partial charge in [0.25, 0.3) is 5.56 Å². The molecule has 0 spiro atoms. The van der Waals surface area contributed by atoms with Crippen molar-refractivity contribution < 1.29 is 0 Å². The Labute approximate surface area is 150 Å². The number of aryl methyl sites for hydroxylation is 2. The van der Waals surface area contributed by atoms with Gasteiger partial charge in [0.1, 0.15) is 4.83 Å². The molecule has 4 rings (SSSR count). The summed E-state index contributed by atoms with van der Waals surface area (Å²) in [5, 5.41) is 2.73. The van der Waals surface area contributed by atoms with Gasteiger partial charge in [-0.25, -0.2) is 4.98 Å². The zero-order valence-electron chi connectivity index (χ0n) is 14.2. The molecular formula is C21H18N2OS. The fourth-order valence-corrected chi connectivity index (χ4v) is 4.17. The van der Waals surface area contributed by atoms with E-state index >= 15 is 0 Å². The molecule has 2 aromatic carbocycles. The highest BCUT2D eigenvalue weighted by Crippen LogP contribution is 2.30. The predicted molar refractivity (Wildman–Crippen MR) is 104 cm³/mol. The van der Waals surface area contributed by atoms with Gasteiger partial charge in [0.05, 0.1) is 18.3 Å². The van der Waals surface area contributed by atoms with Gasteiger partial charge in [0, 0.05) is 10.9 Å². The van der Waals surface area contributed by atoms with Gasteiger partial charge in [0.15, 0.2) is 0 Å². The van der Waals surface area contributed by atoms with Crippen molar-refractivity contribution in [3.05, 3.63) is 87.3 Å². The minimum absolute atomic E-state index is 0.0178. The van der Waals surface area contributed by atoms with Crippen molar-refractivity contribution in [1.29, 1.82) is 0 Å². The minimum Gasteiger partial charge on any atom is -0.294 e. The number of rotatable bonds is 3. The van der Waals surface area contributed by atoms with E-state index in [1.807, 2.05) is 35.7 Å². The van der Waals surface area contributed by atoms with E-state index < -0.39 is 0 Å². The standard InChI is InChI=1S/C21H18N2OS/c1-14-8-15(2)10-16(9-14)11-23-13-22-20-19(21(23)24)18(12-25-20)17-6-4-3-5-7-17/h3-10,12-13H,11H2,1-2H3. The van der Waals surface area contributed by atoms with Gasteiger partial charge in [-0.3, -0.25) is 9.36 Å². The molecule has 4 heteroatoms. The summed E-state index contributed by atoms with van der Waals surface area (Å²) in [5.41, 5.74) is 5.57. The summed E-state index contributed by atoms with van der Waals surface area (Å²) in [5.74, 6) is 0. The summed E-state index contributed by atoms with van der Waals surface area (Å²) in [6, 6.07) is 16.4. The van der Waals surface area contributed by atoms with Crippen LogP contribution in [0.4, 0.5) is 0 Å². The third-order valence-electron chi connectivity index (χ3n) is 4.28. The molecule has 0 saturated heterocycles. The predicted octanol–water partition coefficient (Wildman–Crippen LogP) is 4.79. The summed E-state index contributed by atoms with van der Waals surface area (Å²) in [6.07, 6.45) is 1.66. The summed E-state index contributed by atoms with van der Waals surface area (Å²) in [6.45, 7) is 4.69. The number of fused-ring (bicyclic) bond motifs is 1. The van der Waals surface area contributed by atoms with Crippen molar-refractivity contribution >= 4 is 21.6 Å². The van der Waals surface area contributed by atoms with E-state index in [1.165, 1.54) is 22.5 Å². The molecule has 0 aliphatic carbocycles. The van der Waals surface area contributed by atoms with Crippen LogP contribution in [0.5, 0.6) is 0 Å². The van der Waals surface area contributed by atoms with Crippen LogP contribution in [0.15, 0.2) is 65.0 Å². The van der Waals surface area contributed by atoms with Gasteiger partial charge in [0.2, 0.25) is 0 Å². The van der Waals surface area contributed by atoms with Crippen molar-refractivity contribution in [2.75, 3.05) is 0 Å². The Bertz CT molecular complexity index is 1090. The van der Waals surface area contributed by atoms with Crippen LogP contribution in [0.3, 0.4) is 0 Å². The molecule has 0 aliphatic heterocycles.